The van der Waals surface area contributed by atoms with E-state index in [-0.39, 0.29) is 0 Å². The van der Waals surface area contributed by atoms with Crippen molar-refractivity contribution in [3.63, 3.8) is 0 Å². The summed E-state index contributed by atoms with van der Waals surface area (Å²) in [4.78, 5) is 4.51. The van der Waals surface area contributed by atoms with Gasteiger partial charge in [0.15, 0.2) is 16.6 Å². The predicted molar refractivity (Wildman–Crippen MR) is 82.7 cm³/mol. The van der Waals surface area contributed by atoms with Crippen LogP contribution in [0.1, 0.15) is 0 Å². The third-order valence-electron chi connectivity index (χ3n) is 3.58. The average molecular weight is 293 g/mol. The standard InChI is InChI=1S/C14H19N3O2S/c1-16-4-6-17(7-5-16)14(20)15-11-2-3-12-13(10-11)19-9-8-18-12/h2-3,10H,4-9H2,1H3,(H,15,20). The fourth-order valence-corrected chi connectivity index (χ4v) is 2.63. The third kappa shape index (κ3) is 2.96. The van der Waals surface area contributed by atoms with E-state index in [4.69, 9.17) is 21.7 Å². The van der Waals surface area contributed by atoms with Crippen LogP contribution in [0.4, 0.5) is 5.69 Å². The Morgan fingerprint density at radius 3 is 2.55 bits per heavy atom. The summed E-state index contributed by atoms with van der Waals surface area (Å²) in [7, 11) is 2.13. The number of nitrogens with zero attached hydrogens (tertiary/aromatic N) is 2. The molecule has 0 bridgehead atoms. The Bertz CT molecular complexity index is 501. The molecule has 1 fully saturated rings. The van der Waals surface area contributed by atoms with Gasteiger partial charge in [0.1, 0.15) is 13.2 Å². The molecule has 5 nitrogen and oxygen atoms in total. The minimum Gasteiger partial charge on any atom is -0.486 e. The molecule has 108 valence electrons. The summed E-state index contributed by atoms with van der Waals surface area (Å²) in [5.74, 6) is 1.58. The SMILES string of the molecule is CN1CCN(C(=S)Nc2ccc3c(c2)OCCO3)CC1. The number of nitrogens with one attached hydrogen (secondary N) is 1. The summed E-state index contributed by atoms with van der Waals surface area (Å²) in [6.07, 6.45) is 0. The molecule has 6 heteroatoms. The molecule has 1 aromatic rings. The highest BCUT2D eigenvalue weighted by Crippen LogP contribution is 2.32. The maximum absolute atomic E-state index is 5.58. The van der Waals surface area contributed by atoms with Crippen molar-refractivity contribution < 1.29 is 9.47 Å². The van der Waals surface area contributed by atoms with Crippen LogP contribution in [0, 0.1) is 0 Å². The summed E-state index contributed by atoms with van der Waals surface area (Å²) < 4.78 is 11.1. The molecule has 2 aliphatic heterocycles. The zero-order valence-corrected chi connectivity index (χ0v) is 12.4. The molecule has 0 spiro atoms. The van der Waals surface area contributed by atoms with Crippen LogP contribution < -0.4 is 14.8 Å². The molecule has 1 aromatic carbocycles. The lowest BCUT2D eigenvalue weighted by Crippen LogP contribution is -2.48. The molecule has 0 aromatic heterocycles. The minimum absolute atomic E-state index is 0.597. The van der Waals surface area contributed by atoms with Gasteiger partial charge < -0.3 is 24.6 Å². The highest BCUT2D eigenvalue weighted by molar-refractivity contribution is 7.80. The maximum atomic E-state index is 5.58. The van der Waals surface area contributed by atoms with E-state index in [0.29, 0.717) is 13.2 Å². The van der Waals surface area contributed by atoms with Gasteiger partial charge in [0, 0.05) is 37.9 Å². The first-order valence-electron chi connectivity index (χ1n) is 6.86. The highest BCUT2D eigenvalue weighted by Gasteiger charge is 2.17. The Morgan fingerprint density at radius 2 is 1.80 bits per heavy atom. The molecule has 20 heavy (non-hydrogen) atoms. The number of hydrogen-bond acceptors (Lipinski definition) is 4. The molecule has 0 aliphatic carbocycles. The second-order valence-electron chi connectivity index (χ2n) is 5.08. The van der Waals surface area contributed by atoms with Gasteiger partial charge >= 0.3 is 0 Å². The van der Waals surface area contributed by atoms with E-state index >= 15 is 0 Å². The first-order chi connectivity index (χ1) is 9.72. The van der Waals surface area contributed by atoms with Gasteiger partial charge in [0.05, 0.1) is 0 Å². The lowest BCUT2D eigenvalue weighted by molar-refractivity contribution is 0.171. The second kappa shape index (κ2) is 5.85. The van der Waals surface area contributed by atoms with Crippen molar-refractivity contribution in [1.29, 1.82) is 0 Å². The van der Waals surface area contributed by atoms with Gasteiger partial charge in [-0.25, -0.2) is 0 Å². The smallest absolute Gasteiger partial charge is 0.173 e. The van der Waals surface area contributed by atoms with Gasteiger partial charge in [-0.05, 0) is 31.4 Å². The molecule has 0 atom stereocenters. The van der Waals surface area contributed by atoms with Gasteiger partial charge in [0.2, 0.25) is 0 Å². The summed E-state index contributed by atoms with van der Waals surface area (Å²) in [5.41, 5.74) is 0.943. The van der Waals surface area contributed by atoms with Crippen LogP contribution >= 0.6 is 12.2 Å². The Kier molecular flexibility index (Phi) is 3.93. The summed E-state index contributed by atoms with van der Waals surface area (Å²) in [5, 5.41) is 4.05. The first kappa shape index (κ1) is 13.5. The minimum atomic E-state index is 0.597. The van der Waals surface area contributed by atoms with E-state index < -0.39 is 0 Å². The molecule has 2 heterocycles. The summed E-state index contributed by atoms with van der Waals surface area (Å²) in [6.45, 7) is 5.23. The third-order valence-corrected chi connectivity index (χ3v) is 3.94. The number of ether oxygens (including phenoxy) is 2. The van der Waals surface area contributed by atoms with Crippen molar-refractivity contribution in [1.82, 2.24) is 9.80 Å². The topological polar surface area (TPSA) is 37.0 Å². The highest BCUT2D eigenvalue weighted by atomic mass is 32.1. The molecule has 2 aliphatic rings. The molecule has 0 amide bonds. The lowest BCUT2D eigenvalue weighted by Gasteiger charge is -2.34. The quantitative estimate of drug-likeness (QED) is 0.789. The number of likely N-dealkylation sites (N-methyl/N-ethyl adjacent to an activating group) is 1. The maximum Gasteiger partial charge on any atom is 0.173 e. The van der Waals surface area contributed by atoms with Crippen molar-refractivity contribution in [2.45, 2.75) is 0 Å². The summed E-state index contributed by atoms with van der Waals surface area (Å²) >= 11 is 5.47. The Labute approximate surface area is 124 Å². The number of fused-ring (bicyclic) bond motifs is 1. The van der Waals surface area contributed by atoms with Crippen LogP contribution in [-0.2, 0) is 0 Å². The van der Waals surface area contributed by atoms with E-state index in [2.05, 4.69) is 22.2 Å². The molecular formula is C14H19N3O2S. The van der Waals surface area contributed by atoms with Gasteiger partial charge in [-0.3, -0.25) is 0 Å². The Balaban J connectivity index is 1.64. The van der Waals surface area contributed by atoms with Crippen LogP contribution in [-0.4, -0.2) is 61.4 Å². The van der Waals surface area contributed by atoms with E-state index in [1.165, 1.54) is 0 Å². The second-order valence-corrected chi connectivity index (χ2v) is 5.47. The molecular weight excluding hydrogens is 274 g/mol. The van der Waals surface area contributed by atoms with Crippen LogP contribution in [0.2, 0.25) is 0 Å². The number of benzene rings is 1. The predicted octanol–water partition coefficient (Wildman–Crippen LogP) is 1.40. The van der Waals surface area contributed by atoms with Crippen LogP contribution in [0.15, 0.2) is 18.2 Å². The molecule has 0 unspecified atom stereocenters. The molecule has 0 saturated carbocycles. The van der Waals surface area contributed by atoms with Gasteiger partial charge in [-0.2, -0.15) is 0 Å². The van der Waals surface area contributed by atoms with E-state index in [1.54, 1.807) is 0 Å². The Hall–Kier alpha value is -1.53. The average Bonchev–Trinajstić information content (AvgIpc) is 2.48. The number of thiocarbonyl (C=S) groups is 1. The number of hydrogen-bond donors (Lipinski definition) is 1. The number of anilines is 1. The lowest BCUT2D eigenvalue weighted by atomic mass is 10.2. The fraction of sp³-hybridized carbons (Fsp3) is 0.500. The van der Waals surface area contributed by atoms with Crippen molar-refractivity contribution >= 4 is 23.0 Å². The van der Waals surface area contributed by atoms with Crippen LogP contribution in [0.5, 0.6) is 11.5 Å². The van der Waals surface area contributed by atoms with Crippen LogP contribution in [0.25, 0.3) is 0 Å². The van der Waals surface area contributed by atoms with Crippen LogP contribution in [0.3, 0.4) is 0 Å². The normalized spacial score (nSPS) is 18.8. The van der Waals surface area contributed by atoms with Gasteiger partial charge in [-0.1, -0.05) is 0 Å². The number of rotatable bonds is 1. The van der Waals surface area contributed by atoms with Crippen molar-refractivity contribution in [2.24, 2.45) is 0 Å². The molecule has 1 saturated heterocycles. The van der Waals surface area contributed by atoms with E-state index in [9.17, 15) is 0 Å². The molecule has 1 N–H and O–H groups in total. The zero-order valence-electron chi connectivity index (χ0n) is 11.6. The first-order valence-corrected chi connectivity index (χ1v) is 7.27. The largest absolute Gasteiger partial charge is 0.486 e. The van der Waals surface area contributed by atoms with Crippen molar-refractivity contribution in [2.75, 3.05) is 51.8 Å². The molecule has 0 radical (unpaired) electrons. The Morgan fingerprint density at radius 1 is 1.10 bits per heavy atom. The fourth-order valence-electron chi connectivity index (χ4n) is 2.33. The number of piperazine rings is 1. The van der Waals surface area contributed by atoms with E-state index in [0.717, 1.165) is 48.5 Å². The van der Waals surface area contributed by atoms with Crippen molar-refractivity contribution in [3.8, 4) is 11.5 Å². The van der Waals surface area contributed by atoms with Gasteiger partial charge in [-0.15, -0.1) is 0 Å². The summed E-state index contributed by atoms with van der Waals surface area (Å²) in [6, 6.07) is 5.83. The van der Waals surface area contributed by atoms with Gasteiger partial charge in [0.25, 0.3) is 0 Å². The monoisotopic (exact) mass is 293 g/mol. The molecule has 3 rings (SSSR count). The van der Waals surface area contributed by atoms with Crippen molar-refractivity contribution in [3.05, 3.63) is 18.2 Å². The zero-order chi connectivity index (χ0) is 13.9. The van der Waals surface area contributed by atoms with E-state index in [1.807, 2.05) is 18.2 Å².